The molecule has 2 aromatic carbocycles. The number of aromatic hydroxyl groups is 1. The fourth-order valence-corrected chi connectivity index (χ4v) is 3.01. The molecule has 1 N–H and O–H groups in total. The van der Waals surface area contributed by atoms with E-state index in [9.17, 15) is 5.11 Å². The summed E-state index contributed by atoms with van der Waals surface area (Å²) in [6.07, 6.45) is 1.76. The molecule has 0 bridgehead atoms. The lowest BCUT2D eigenvalue weighted by molar-refractivity contribution is 0.475. The molecular weight excluding hydrogens is 500 g/mol. The van der Waals surface area contributed by atoms with Crippen LogP contribution in [0.1, 0.15) is 5.56 Å². The molecule has 0 aromatic heterocycles. The number of allylic oxidation sites excluding steroid dienone is 2. The average Bonchev–Trinajstić information content (AvgIpc) is 2.59. The van der Waals surface area contributed by atoms with Crippen molar-refractivity contribution in [1.82, 2.24) is 0 Å². The minimum Gasteiger partial charge on any atom is -0.508 e. The van der Waals surface area contributed by atoms with Gasteiger partial charge in [0, 0.05) is 23.4 Å². The van der Waals surface area contributed by atoms with Gasteiger partial charge in [0.2, 0.25) is 0 Å². The molecule has 2 rings (SSSR count). The van der Waals surface area contributed by atoms with E-state index in [0.717, 1.165) is 30.5 Å². The number of anilines is 1. The second kappa shape index (κ2) is 8.65. The number of benzene rings is 2. The van der Waals surface area contributed by atoms with E-state index in [4.69, 9.17) is 0 Å². The maximum atomic E-state index is 9.27. The Morgan fingerprint density at radius 1 is 1.04 bits per heavy atom. The Labute approximate surface area is 166 Å². The van der Waals surface area contributed by atoms with Crippen LogP contribution < -0.4 is 4.90 Å². The quantitative estimate of drug-likeness (QED) is 0.283. The zero-order chi connectivity index (χ0) is 17.7. The van der Waals surface area contributed by atoms with Gasteiger partial charge in [-0.3, -0.25) is 4.99 Å². The van der Waals surface area contributed by atoms with Crippen LogP contribution in [0.25, 0.3) is 0 Å². The Bertz CT molecular complexity index is 781. The predicted molar refractivity (Wildman–Crippen MR) is 113 cm³/mol. The van der Waals surface area contributed by atoms with Crippen molar-refractivity contribution in [1.29, 1.82) is 0 Å². The summed E-state index contributed by atoms with van der Waals surface area (Å²) in [5.41, 5.74) is 2.79. The SMILES string of the molecule is C=C(Br)/C(Br)=C(/Br)N(C)c1ccc(N=Cc2ccc(O)cc2)cc1. The Balaban J connectivity index is 2.14. The van der Waals surface area contributed by atoms with E-state index in [0.29, 0.717) is 0 Å². The zero-order valence-electron chi connectivity index (χ0n) is 12.9. The van der Waals surface area contributed by atoms with Crippen molar-refractivity contribution < 1.29 is 5.11 Å². The minimum absolute atomic E-state index is 0.246. The lowest BCUT2D eigenvalue weighted by atomic mass is 10.2. The Morgan fingerprint density at radius 2 is 1.62 bits per heavy atom. The number of phenolic OH excluding ortho intramolecular Hbond substituents is 1. The maximum Gasteiger partial charge on any atom is 0.115 e. The molecule has 0 radical (unpaired) electrons. The van der Waals surface area contributed by atoms with Crippen molar-refractivity contribution in [3.05, 3.63) is 74.2 Å². The van der Waals surface area contributed by atoms with Crippen LogP contribution in [0.5, 0.6) is 5.75 Å². The molecule has 24 heavy (non-hydrogen) atoms. The molecule has 0 heterocycles. The minimum atomic E-state index is 0.246. The molecule has 0 unspecified atom stereocenters. The Hall–Kier alpha value is -1.37. The summed E-state index contributed by atoms with van der Waals surface area (Å²) in [7, 11) is 1.95. The van der Waals surface area contributed by atoms with Crippen molar-refractivity contribution >= 4 is 65.4 Å². The fourth-order valence-electron chi connectivity index (χ4n) is 1.84. The van der Waals surface area contributed by atoms with Crippen LogP contribution in [0.4, 0.5) is 11.4 Å². The van der Waals surface area contributed by atoms with Gasteiger partial charge < -0.3 is 10.0 Å². The number of aliphatic imine (C=N–C) groups is 1. The van der Waals surface area contributed by atoms with Crippen LogP contribution in [-0.2, 0) is 0 Å². The molecule has 0 fully saturated rings. The summed E-state index contributed by atoms with van der Waals surface area (Å²) in [5, 5.41) is 9.27. The fraction of sp³-hybridized carbons (Fsp3) is 0.0556. The normalized spacial score (nSPS) is 12.2. The first kappa shape index (κ1) is 19.0. The molecule has 0 aliphatic heterocycles. The first-order valence-corrected chi connectivity index (χ1v) is 9.33. The molecule has 0 saturated carbocycles. The van der Waals surface area contributed by atoms with Crippen molar-refractivity contribution in [3.63, 3.8) is 0 Å². The highest BCUT2D eigenvalue weighted by Gasteiger charge is 2.10. The highest BCUT2D eigenvalue weighted by molar-refractivity contribution is 9.16. The monoisotopic (exact) mass is 512 g/mol. The third kappa shape index (κ3) is 5.06. The third-order valence-corrected chi connectivity index (χ3v) is 6.45. The molecule has 0 saturated heterocycles. The van der Waals surface area contributed by atoms with Crippen LogP contribution in [0.3, 0.4) is 0 Å². The average molecular weight is 515 g/mol. The van der Waals surface area contributed by atoms with E-state index in [1.54, 1.807) is 18.3 Å². The summed E-state index contributed by atoms with van der Waals surface area (Å²) in [5.74, 6) is 0.246. The number of hydrogen-bond acceptors (Lipinski definition) is 3. The van der Waals surface area contributed by atoms with Gasteiger partial charge >= 0.3 is 0 Å². The Morgan fingerprint density at radius 3 is 2.17 bits per heavy atom. The molecular formula is C18H15Br3N2O. The van der Waals surface area contributed by atoms with E-state index in [1.165, 1.54) is 0 Å². The number of hydrogen-bond donors (Lipinski definition) is 1. The van der Waals surface area contributed by atoms with Crippen LogP contribution in [0, 0.1) is 0 Å². The predicted octanol–water partition coefficient (Wildman–Crippen LogP) is 6.45. The van der Waals surface area contributed by atoms with E-state index >= 15 is 0 Å². The summed E-state index contributed by atoms with van der Waals surface area (Å²) in [4.78, 5) is 6.43. The molecule has 0 amide bonds. The van der Waals surface area contributed by atoms with Crippen LogP contribution in [0.15, 0.2) is 73.7 Å². The van der Waals surface area contributed by atoms with Gasteiger partial charge in [-0.2, -0.15) is 0 Å². The van der Waals surface area contributed by atoms with E-state index in [2.05, 4.69) is 59.4 Å². The van der Waals surface area contributed by atoms with E-state index in [1.807, 2.05) is 48.3 Å². The van der Waals surface area contributed by atoms with E-state index < -0.39 is 0 Å². The van der Waals surface area contributed by atoms with E-state index in [-0.39, 0.29) is 5.75 Å². The van der Waals surface area contributed by atoms with Crippen molar-refractivity contribution in [2.45, 2.75) is 0 Å². The lowest BCUT2D eigenvalue weighted by Crippen LogP contribution is -2.13. The molecule has 6 heteroatoms. The lowest BCUT2D eigenvalue weighted by Gasteiger charge is -2.20. The van der Waals surface area contributed by atoms with Gasteiger partial charge in [-0.15, -0.1) is 0 Å². The standard InChI is InChI=1S/C18H15Br3N2O/c1-12(19)17(20)18(21)23(2)15-7-5-14(6-8-15)22-11-13-3-9-16(24)10-4-13/h3-11,24H,1H2,2H3/b18-17+,22-11?. The molecule has 0 atom stereocenters. The molecule has 3 nitrogen and oxygen atoms in total. The molecule has 0 spiro atoms. The number of halogens is 3. The highest BCUT2D eigenvalue weighted by atomic mass is 79.9. The summed E-state index contributed by atoms with van der Waals surface area (Å²) in [6, 6.07) is 14.8. The summed E-state index contributed by atoms with van der Waals surface area (Å²) >= 11 is 10.4. The highest BCUT2D eigenvalue weighted by Crippen LogP contribution is 2.32. The summed E-state index contributed by atoms with van der Waals surface area (Å²) < 4.78 is 2.47. The molecule has 2 aromatic rings. The summed E-state index contributed by atoms with van der Waals surface area (Å²) in [6.45, 7) is 3.85. The second-order valence-corrected chi connectivity index (χ2v) is 7.44. The van der Waals surface area contributed by atoms with Gasteiger partial charge in [-0.1, -0.05) is 22.5 Å². The smallest absolute Gasteiger partial charge is 0.115 e. The molecule has 0 aliphatic rings. The second-order valence-electron chi connectivity index (χ2n) is 4.93. The zero-order valence-corrected chi connectivity index (χ0v) is 17.6. The number of rotatable bonds is 5. The van der Waals surface area contributed by atoms with Crippen molar-refractivity contribution in [3.8, 4) is 5.75 Å². The van der Waals surface area contributed by atoms with Gasteiger partial charge in [0.05, 0.1) is 10.2 Å². The number of phenols is 1. The number of nitrogens with zero attached hydrogens (tertiary/aromatic N) is 2. The third-order valence-electron chi connectivity index (χ3n) is 3.21. The van der Waals surface area contributed by atoms with Crippen molar-refractivity contribution in [2.24, 2.45) is 4.99 Å². The van der Waals surface area contributed by atoms with Crippen LogP contribution in [0.2, 0.25) is 0 Å². The largest absolute Gasteiger partial charge is 0.508 e. The first-order valence-electron chi connectivity index (χ1n) is 6.95. The Kier molecular flexibility index (Phi) is 6.83. The first-order chi connectivity index (χ1) is 11.4. The van der Waals surface area contributed by atoms with Gasteiger partial charge in [0.1, 0.15) is 10.4 Å². The van der Waals surface area contributed by atoms with Gasteiger partial charge in [0.25, 0.3) is 0 Å². The van der Waals surface area contributed by atoms with Gasteiger partial charge in [-0.25, -0.2) is 0 Å². The molecule has 0 aliphatic carbocycles. The maximum absolute atomic E-state index is 9.27. The molecule has 124 valence electrons. The van der Waals surface area contributed by atoms with Gasteiger partial charge in [0.15, 0.2) is 0 Å². The van der Waals surface area contributed by atoms with Gasteiger partial charge in [-0.05, 0) is 86.0 Å². The topological polar surface area (TPSA) is 35.8 Å². The van der Waals surface area contributed by atoms with Crippen LogP contribution in [-0.4, -0.2) is 18.4 Å². The van der Waals surface area contributed by atoms with Crippen molar-refractivity contribution in [2.75, 3.05) is 11.9 Å². The van der Waals surface area contributed by atoms with Crippen LogP contribution >= 0.6 is 47.8 Å².